The SMILES string of the molecule is C=C(Br)CNc1cc(C)cc(N)c1. The summed E-state index contributed by atoms with van der Waals surface area (Å²) in [5, 5.41) is 3.20. The van der Waals surface area contributed by atoms with Crippen LogP contribution >= 0.6 is 15.9 Å². The largest absolute Gasteiger partial charge is 0.399 e. The highest BCUT2D eigenvalue weighted by Gasteiger charge is 1.95. The molecule has 1 aromatic carbocycles. The van der Waals surface area contributed by atoms with Gasteiger partial charge in [0.2, 0.25) is 0 Å². The van der Waals surface area contributed by atoms with Gasteiger partial charge in [-0.25, -0.2) is 0 Å². The maximum Gasteiger partial charge on any atom is 0.0460 e. The van der Waals surface area contributed by atoms with E-state index in [1.165, 1.54) is 0 Å². The van der Waals surface area contributed by atoms with Gasteiger partial charge >= 0.3 is 0 Å². The monoisotopic (exact) mass is 240 g/mol. The van der Waals surface area contributed by atoms with E-state index < -0.39 is 0 Å². The molecule has 3 N–H and O–H groups in total. The second-order valence-corrected chi connectivity index (χ2v) is 4.12. The van der Waals surface area contributed by atoms with Crippen LogP contribution in [-0.2, 0) is 0 Å². The first-order valence-electron chi connectivity index (χ1n) is 4.02. The van der Waals surface area contributed by atoms with Crippen molar-refractivity contribution in [1.29, 1.82) is 0 Å². The van der Waals surface area contributed by atoms with E-state index in [9.17, 15) is 0 Å². The predicted molar refractivity (Wildman–Crippen MR) is 62.1 cm³/mol. The summed E-state index contributed by atoms with van der Waals surface area (Å²) in [7, 11) is 0. The molecular formula is C10H13BrN2. The van der Waals surface area contributed by atoms with Crippen molar-refractivity contribution >= 4 is 27.3 Å². The minimum Gasteiger partial charge on any atom is -0.399 e. The zero-order valence-electron chi connectivity index (χ0n) is 7.60. The molecule has 0 atom stereocenters. The number of benzene rings is 1. The number of nitrogens with two attached hydrogens (primary N) is 1. The molecule has 0 aliphatic heterocycles. The molecule has 0 radical (unpaired) electrons. The molecule has 2 nitrogen and oxygen atoms in total. The van der Waals surface area contributed by atoms with Crippen molar-refractivity contribution in [1.82, 2.24) is 0 Å². The Morgan fingerprint density at radius 2 is 2.23 bits per heavy atom. The number of nitrogens with one attached hydrogen (secondary N) is 1. The Morgan fingerprint density at radius 1 is 1.54 bits per heavy atom. The maximum atomic E-state index is 5.69. The average molecular weight is 241 g/mol. The summed E-state index contributed by atoms with van der Waals surface area (Å²) in [5.74, 6) is 0. The summed E-state index contributed by atoms with van der Waals surface area (Å²) in [6.07, 6.45) is 0. The first-order chi connectivity index (χ1) is 6.08. The van der Waals surface area contributed by atoms with Crippen molar-refractivity contribution in [3.8, 4) is 0 Å². The van der Waals surface area contributed by atoms with E-state index >= 15 is 0 Å². The summed E-state index contributed by atoms with van der Waals surface area (Å²) < 4.78 is 0.924. The highest BCUT2D eigenvalue weighted by molar-refractivity contribution is 9.11. The minimum atomic E-state index is 0.711. The van der Waals surface area contributed by atoms with E-state index in [0.29, 0.717) is 6.54 Å². The van der Waals surface area contributed by atoms with E-state index in [-0.39, 0.29) is 0 Å². The van der Waals surface area contributed by atoms with Crippen molar-refractivity contribution < 1.29 is 0 Å². The lowest BCUT2D eigenvalue weighted by Gasteiger charge is -2.07. The van der Waals surface area contributed by atoms with Crippen LogP contribution in [0.1, 0.15) is 5.56 Å². The normalized spacial score (nSPS) is 9.69. The fraction of sp³-hybridized carbons (Fsp3) is 0.200. The van der Waals surface area contributed by atoms with Crippen LogP contribution in [0.5, 0.6) is 0 Å². The van der Waals surface area contributed by atoms with E-state index in [2.05, 4.69) is 27.8 Å². The third kappa shape index (κ3) is 3.51. The van der Waals surface area contributed by atoms with Gasteiger partial charge in [-0.05, 0) is 30.7 Å². The lowest BCUT2D eigenvalue weighted by molar-refractivity contribution is 1.31. The number of halogens is 1. The van der Waals surface area contributed by atoms with Crippen LogP contribution in [0.15, 0.2) is 29.3 Å². The highest BCUT2D eigenvalue weighted by atomic mass is 79.9. The van der Waals surface area contributed by atoms with Crippen molar-refractivity contribution in [2.45, 2.75) is 6.92 Å². The summed E-state index contributed by atoms with van der Waals surface area (Å²) >= 11 is 3.28. The Hall–Kier alpha value is -0.960. The Bertz CT molecular complexity index is 300. The van der Waals surface area contributed by atoms with Gasteiger partial charge in [0.05, 0.1) is 0 Å². The first-order valence-corrected chi connectivity index (χ1v) is 4.81. The molecule has 13 heavy (non-hydrogen) atoms. The Labute approximate surface area is 87.0 Å². The summed E-state index contributed by atoms with van der Waals surface area (Å²) in [5.41, 5.74) is 8.65. The van der Waals surface area contributed by atoms with Crippen LogP contribution in [0.2, 0.25) is 0 Å². The third-order valence-corrected chi connectivity index (χ3v) is 1.86. The van der Waals surface area contributed by atoms with E-state index in [1.54, 1.807) is 0 Å². The molecule has 0 unspecified atom stereocenters. The van der Waals surface area contributed by atoms with Crippen molar-refractivity contribution in [2.75, 3.05) is 17.6 Å². The number of nitrogen functional groups attached to an aromatic ring is 1. The molecule has 0 saturated carbocycles. The molecule has 0 heterocycles. The first kappa shape index (κ1) is 10.1. The molecule has 0 aliphatic carbocycles. The van der Waals surface area contributed by atoms with Crippen LogP contribution in [0.3, 0.4) is 0 Å². The number of anilines is 2. The van der Waals surface area contributed by atoms with Crippen LogP contribution < -0.4 is 11.1 Å². The van der Waals surface area contributed by atoms with Gasteiger partial charge < -0.3 is 11.1 Å². The summed E-state index contributed by atoms with van der Waals surface area (Å²) in [6.45, 7) is 6.47. The van der Waals surface area contributed by atoms with Gasteiger partial charge in [0, 0.05) is 22.4 Å². The Kier molecular flexibility index (Phi) is 3.37. The average Bonchev–Trinajstić information content (AvgIpc) is 1.99. The summed E-state index contributed by atoms with van der Waals surface area (Å²) in [4.78, 5) is 0. The molecular weight excluding hydrogens is 228 g/mol. The second-order valence-electron chi connectivity index (χ2n) is 3.00. The quantitative estimate of drug-likeness (QED) is 0.798. The molecule has 70 valence electrons. The van der Waals surface area contributed by atoms with Gasteiger partial charge in [0.15, 0.2) is 0 Å². The van der Waals surface area contributed by atoms with Crippen LogP contribution in [0, 0.1) is 6.92 Å². The van der Waals surface area contributed by atoms with Gasteiger partial charge in [-0.15, -0.1) is 0 Å². The number of aryl methyl sites for hydroxylation is 1. The van der Waals surface area contributed by atoms with Crippen LogP contribution in [-0.4, -0.2) is 6.54 Å². The fourth-order valence-electron chi connectivity index (χ4n) is 1.11. The molecule has 0 aliphatic rings. The van der Waals surface area contributed by atoms with Gasteiger partial charge in [-0.3, -0.25) is 0 Å². The number of hydrogen-bond acceptors (Lipinski definition) is 2. The van der Waals surface area contributed by atoms with Crippen molar-refractivity contribution in [2.24, 2.45) is 0 Å². The molecule has 0 fully saturated rings. The molecule has 0 bridgehead atoms. The molecule has 0 saturated heterocycles. The van der Waals surface area contributed by atoms with Crippen LogP contribution in [0.25, 0.3) is 0 Å². The van der Waals surface area contributed by atoms with Gasteiger partial charge in [0.1, 0.15) is 0 Å². The second kappa shape index (κ2) is 4.33. The van der Waals surface area contributed by atoms with Gasteiger partial charge in [-0.2, -0.15) is 0 Å². The molecule has 1 rings (SSSR count). The van der Waals surface area contributed by atoms with Crippen molar-refractivity contribution in [3.05, 3.63) is 34.8 Å². The lowest BCUT2D eigenvalue weighted by Crippen LogP contribution is -2.01. The van der Waals surface area contributed by atoms with Crippen LogP contribution in [0.4, 0.5) is 11.4 Å². The molecule has 0 aromatic heterocycles. The van der Waals surface area contributed by atoms with Gasteiger partial charge in [0.25, 0.3) is 0 Å². The zero-order chi connectivity index (χ0) is 9.84. The third-order valence-electron chi connectivity index (χ3n) is 1.58. The predicted octanol–water partition coefficient (Wildman–Crippen LogP) is 2.90. The standard InChI is InChI=1S/C10H13BrN2/c1-7-3-9(12)5-10(4-7)13-6-8(2)11/h3-5,13H,2,6,12H2,1H3. The van der Waals surface area contributed by atoms with E-state index in [4.69, 9.17) is 5.73 Å². The fourth-order valence-corrected chi connectivity index (χ4v) is 1.25. The minimum absolute atomic E-state index is 0.711. The van der Waals surface area contributed by atoms with Crippen molar-refractivity contribution in [3.63, 3.8) is 0 Å². The topological polar surface area (TPSA) is 38.0 Å². The highest BCUT2D eigenvalue weighted by Crippen LogP contribution is 2.16. The number of hydrogen-bond donors (Lipinski definition) is 2. The Morgan fingerprint density at radius 3 is 2.77 bits per heavy atom. The molecule has 0 spiro atoms. The Balaban J connectivity index is 2.71. The number of rotatable bonds is 3. The van der Waals surface area contributed by atoms with E-state index in [0.717, 1.165) is 21.4 Å². The van der Waals surface area contributed by atoms with E-state index in [1.807, 2.05) is 25.1 Å². The smallest absolute Gasteiger partial charge is 0.0460 e. The summed E-state index contributed by atoms with van der Waals surface area (Å²) in [6, 6.07) is 5.89. The van der Waals surface area contributed by atoms with Gasteiger partial charge in [-0.1, -0.05) is 22.5 Å². The molecule has 3 heteroatoms. The molecule has 1 aromatic rings. The lowest BCUT2D eigenvalue weighted by atomic mass is 10.2. The maximum absolute atomic E-state index is 5.69. The zero-order valence-corrected chi connectivity index (χ0v) is 9.19. The molecule has 0 amide bonds.